The van der Waals surface area contributed by atoms with Crippen molar-refractivity contribution in [3.8, 4) is 5.75 Å². The van der Waals surface area contributed by atoms with E-state index in [4.69, 9.17) is 9.15 Å². The Morgan fingerprint density at radius 3 is 2.57 bits per heavy atom. The Balaban J connectivity index is 1.62. The number of para-hydroxylation sites is 1. The minimum Gasteiger partial charge on any atom is -0.496 e. The topological polar surface area (TPSA) is 101 Å². The van der Waals surface area contributed by atoms with Crippen LogP contribution in [0.15, 0.2) is 64.6 Å². The minimum absolute atomic E-state index is 0.143. The molecule has 0 saturated heterocycles. The maximum atomic E-state index is 12.2. The molecule has 2 amide bonds. The predicted octanol–water partition coefficient (Wildman–Crippen LogP) is 2.02. The number of furan rings is 1. The number of nitrogens with one attached hydrogen (secondary N) is 2. The third-order valence-corrected chi connectivity index (χ3v) is 5.22. The predicted molar refractivity (Wildman–Crippen MR) is 104 cm³/mol. The Labute approximate surface area is 166 Å². The van der Waals surface area contributed by atoms with Crippen LogP contribution in [0.4, 0.5) is 0 Å². The van der Waals surface area contributed by atoms with Gasteiger partial charge >= 0.3 is 11.8 Å². The Morgan fingerprint density at radius 1 is 1.11 bits per heavy atom. The van der Waals surface area contributed by atoms with Crippen molar-refractivity contribution in [1.29, 1.82) is 0 Å². The highest BCUT2D eigenvalue weighted by atomic mass is 32.1. The molecule has 3 aromatic rings. The van der Waals surface area contributed by atoms with Gasteiger partial charge in [0.05, 0.1) is 19.9 Å². The molecule has 8 heteroatoms. The molecule has 3 rings (SSSR count). The maximum Gasteiger partial charge on any atom is 0.309 e. The summed E-state index contributed by atoms with van der Waals surface area (Å²) >= 11 is 1.32. The second-order valence-electron chi connectivity index (χ2n) is 5.99. The van der Waals surface area contributed by atoms with Gasteiger partial charge in [0.1, 0.15) is 11.5 Å². The summed E-state index contributed by atoms with van der Waals surface area (Å²) in [6.07, 6.45) is 1.44. The monoisotopic (exact) mass is 400 g/mol. The molecule has 0 aliphatic carbocycles. The summed E-state index contributed by atoms with van der Waals surface area (Å²) in [7, 11) is 1.54. The molecule has 0 spiro atoms. The summed E-state index contributed by atoms with van der Waals surface area (Å²) in [6, 6.07) is 14.0. The van der Waals surface area contributed by atoms with E-state index in [9.17, 15) is 14.7 Å². The van der Waals surface area contributed by atoms with Gasteiger partial charge in [0.25, 0.3) is 0 Å². The summed E-state index contributed by atoms with van der Waals surface area (Å²) in [5.74, 6) is -0.756. The Morgan fingerprint density at radius 2 is 1.89 bits per heavy atom. The number of carbonyl (C=O) groups excluding carboxylic acids is 2. The molecule has 0 bridgehead atoms. The molecular formula is C20H20N2O5S. The van der Waals surface area contributed by atoms with Crippen LogP contribution in [0, 0.1) is 0 Å². The number of hydrogen-bond acceptors (Lipinski definition) is 6. The first kappa shape index (κ1) is 19.7. The summed E-state index contributed by atoms with van der Waals surface area (Å²) in [4.78, 5) is 24.9. The van der Waals surface area contributed by atoms with E-state index in [0.717, 1.165) is 5.56 Å². The minimum atomic E-state index is -1.56. The van der Waals surface area contributed by atoms with E-state index in [0.29, 0.717) is 10.6 Å². The molecule has 0 unspecified atom stereocenters. The number of methoxy groups -OCH3 is 1. The Bertz CT molecular complexity index is 888. The number of benzene rings is 1. The molecule has 0 aliphatic rings. The van der Waals surface area contributed by atoms with Crippen LogP contribution in [0.2, 0.25) is 0 Å². The van der Waals surface area contributed by atoms with Crippen molar-refractivity contribution in [3.05, 3.63) is 76.4 Å². The first-order valence-electron chi connectivity index (χ1n) is 8.53. The summed E-state index contributed by atoms with van der Waals surface area (Å²) in [5.41, 5.74) is -0.812. The lowest BCUT2D eigenvalue weighted by atomic mass is 9.98. The van der Waals surface area contributed by atoms with Gasteiger partial charge in [0.15, 0.2) is 5.60 Å². The van der Waals surface area contributed by atoms with E-state index in [1.165, 1.54) is 24.7 Å². The second-order valence-corrected chi connectivity index (χ2v) is 6.94. The van der Waals surface area contributed by atoms with E-state index in [-0.39, 0.29) is 18.8 Å². The zero-order valence-corrected chi connectivity index (χ0v) is 16.0. The van der Waals surface area contributed by atoms with Crippen LogP contribution >= 0.6 is 11.3 Å². The zero-order chi connectivity index (χ0) is 20.0. The highest BCUT2D eigenvalue weighted by Crippen LogP contribution is 2.32. The zero-order valence-electron chi connectivity index (χ0n) is 15.2. The van der Waals surface area contributed by atoms with Crippen molar-refractivity contribution in [2.24, 2.45) is 0 Å². The molecule has 1 aromatic carbocycles. The van der Waals surface area contributed by atoms with Crippen LogP contribution < -0.4 is 15.4 Å². The molecule has 0 radical (unpaired) electrons. The van der Waals surface area contributed by atoms with Crippen LogP contribution in [0.25, 0.3) is 0 Å². The average Bonchev–Trinajstić information content (AvgIpc) is 3.44. The first-order chi connectivity index (χ1) is 13.5. The lowest BCUT2D eigenvalue weighted by Crippen LogP contribution is -2.46. The van der Waals surface area contributed by atoms with Crippen molar-refractivity contribution in [2.45, 2.75) is 12.1 Å². The van der Waals surface area contributed by atoms with Gasteiger partial charge < -0.3 is 24.9 Å². The van der Waals surface area contributed by atoms with Gasteiger partial charge in [-0.05, 0) is 29.6 Å². The molecule has 146 valence electrons. The van der Waals surface area contributed by atoms with Gasteiger partial charge in [-0.25, -0.2) is 0 Å². The van der Waals surface area contributed by atoms with Crippen LogP contribution in [0.1, 0.15) is 16.2 Å². The number of thiophene rings is 1. The van der Waals surface area contributed by atoms with Crippen molar-refractivity contribution >= 4 is 23.2 Å². The van der Waals surface area contributed by atoms with Gasteiger partial charge in [0.2, 0.25) is 0 Å². The molecule has 0 saturated carbocycles. The SMILES string of the molecule is COc1ccccc1CNC(=O)C(=O)NC[C@@](O)(c1ccco1)c1cccs1. The fourth-order valence-corrected chi connectivity index (χ4v) is 3.55. The smallest absolute Gasteiger partial charge is 0.309 e. The standard InChI is InChI=1S/C20H20N2O5S/c1-26-15-7-3-2-6-14(15)12-21-18(23)19(24)22-13-20(25,16-8-4-10-27-16)17-9-5-11-28-17/h2-11,25H,12-13H2,1H3,(H,21,23)(H,22,24)/t20-/m1/s1. The highest BCUT2D eigenvalue weighted by molar-refractivity contribution is 7.10. The van der Waals surface area contributed by atoms with Gasteiger partial charge in [-0.1, -0.05) is 24.3 Å². The quantitative estimate of drug-likeness (QED) is 0.527. The van der Waals surface area contributed by atoms with Crippen molar-refractivity contribution in [3.63, 3.8) is 0 Å². The van der Waals surface area contributed by atoms with Gasteiger partial charge in [0, 0.05) is 17.0 Å². The second kappa shape index (κ2) is 8.73. The fourth-order valence-electron chi connectivity index (χ4n) is 2.72. The van der Waals surface area contributed by atoms with E-state index < -0.39 is 17.4 Å². The molecule has 0 aliphatic heterocycles. The van der Waals surface area contributed by atoms with Crippen LogP contribution in [0.3, 0.4) is 0 Å². The van der Waals surface area contributed by atoms with Crippen LogP contribution in [-0.2, 0) is 21.7 Å². The molecule has 28 heavy (non-hydrogen) atoms. The van der Waals surface area contributed by atoms with E-state index in [1.807, 2.05) is 17.5 Å². The van der Waals surface area contributed by atoms with Crippen molar-refractivity contribution in [2.75, 3.05) is 13.7 Å². The number of hydrogen-bond donors (Lipinski definition) is 3. The fraction of sp³-hybridized carbons (Fsp3) is 0.200. The largest absolute Gasteiger partial charge is 0.496 e. The number of ether oxygens (including phenoxy) is 1. The lowest BCUT2D eigenvalue weighted by Gasteiger charge is -2.25. The molecule has 2 aromatic heterocycles. The number of carbonyl (C=O) groups is 2. The van der Waals surface area contributed by atoms with Crippen molar-refractivity contribution in [1.82, 2.24) is 10.6 Å². The third kappa shape index (κ3) is 4.24. The van der Waals surface area contributed by atoms with Crippen molar-refractivity contribution < 1.29 is 23.8 Å². The van der Waals surface area contributed by atoms with Crippen LogP contribution in [0.5, 0.6) is 5.75 Å². The first-order valence-corrected chi connectivity index (χ1v) is 9.41. The number of amides is 2. The van der Waals surface area contributed by atoms with Gasteiger partial charge in [-0.2, -0.15) is 0 Å². The molecule has 3 N–H and O–H groups in total. The molecule has 1 atom stereocenters. The summed E-state index contributed by atoms with van der Waals surface area (Å²) < 4.78 is 10.6. The normalized spacial score (nSPS) is 12.8. The third-order valence-electron chi connectivity index (χ3n) is 4.20. The maximum absolute atomic E-state index is 12.2. The summed E-state index contributed by atoms with van der Waals surface area (Å²) in [5, 5.41) is 17.9. The number of aliphatic hydroxyl groups is 1. The Kier molecular flexibility index (Phi) is 6.13. The molecule has 2 heterocycles. The molecule has 7 nitrogen and oxygen atoms in total. The van der Waals surface area contributed by atoms with Gasteiger partial charge in [-0.15, -0.1) is 11.3 Å². The number of rotatable bonds is 7. The Hall–Kier alpha value is -3.10. The molecule has 0 fully saturated rings. The molecular weight excluding hydrogens is 380 g/mol. The lowest BCUT2D eigenvalue weighted by molar-refractivity contribution is -0.139. The van der Waals surface area contributed by atoms with E-state index in [1.54, 1.807) is 36.4 Å². The van der Waals surface area contributed by atoms with Gasteiger partial charge in [-0.3, -0.25) is 9.59 Å². The summed E-state index contributed by atoms with van der Waals surface area (Å²) in [6.45, 7) is -0.0639. The van der Waals surface area contributed by atoms with E-state index >= 15 is 0 Å². The van der Waals surface area contributed by atoms with Crippen LogP contribution in [-0.4, -0.2) is 30.6 Å². The van der Waals surface area contributed by atoms with E-state index in [2.05, 4.69) is 10.6 Å². The highest BCUT2D eigenvalue weighted by Gasteiger charge is 2.36. The average molecular weight is 400 g/mol.